The third kappa shape index (κ3) is 4.79. The van der Waals surface area contributed by atoms with Gasteiger partial charge in [-0.15, -0.1) is 11.3 Å². The number of benzene rings is 1. The van der Waals surface area contributed by atoms with Crippen LogP contribution in [0, 0.1) is 5.92 Å². The van der Waals surface area contributed by atoms with Gasteiger partial charge in [-0.2, -0.15) is 0 Å². The summed E-state index contributed by atoms with van der Waals surface area (Å²) in [7, 11) is 0. The van der Waals surface area contributed by atoms with Gasteiger partial charge in [0, 0.05) is 10.9 Å². The zero-order valence-electron chi connectivity index (χ0n) is 13.7. The van der Waals surface area contributed by atoms with Crippen LogP contribution in [-0.2, 0) is 6.42 Å². The van der Waals surface area contributed by atoms with Gasteiger partial charge in [0.15, 0.2) is 5.11 Å². The van der Waals surface area contributed by atoms with E-state index in [1.54, 1.807) is 11.3 Å². The number of thiocarbonyl (C=S) groups is 1. The summed E-state index contributed by atoms with van der Waals surface area (Å²) in [6, 6.07) is 13.9. The van der Waals surface area contributed by atoms with E-state index in [-0.39, 0.29) is 6.04 Å². The summed E-state index contributed by atoms with van der Waals surface area (Å²) in [5, 5.41) is 9.76. The lowest BCUT2D eigenvalue weighted by Gasteiger charge is -2.21. The lowest BCUT2D eigenvalue weighted by Crippen LogP contribution is -2.39. The van der Waals surface area contributed by atoms with Crippen molar-refractivity contribution >= 4 is 28.7 Å². The molecule has 0 bridgehead atoms. The summed E-state index contributed by atoms with van der Waals surface area (Å²) < 4.78 is 0. The fourth-order valence-electron chi connectivity index (χ4n) is 2.68. The van der Waals surface area contributed by atoms with Gasteiger partial charge in [0.25, 0.3) is 0 Å². The van der Waals surface area contributed by atoms with Crippen molar-refractivity contribution in [2.45, 2.75) is 45.2 Å². The molecule has 0 amide bonds. The fourth-order valence-corrected chi connectivity index (χ4v) is 3.76. The summed E-state index contributed by atoms with van der Waals surface area (Å²) in [6.45, 7) is 4.51. The number of hydrogen-bond donors (Lipinski definition) is 2. The van der Waals surface area contributed by atoms with Gasteiger partial charge in [0.2, 0.25) is 0 Å². The number of thiophene rings is 1. The maximum absolute atomic E-state index is 5.49. The second kappa shape index (κ2) is 7.45. The Kier molecular flexibility index (Phi) is 5.34. The van der Waals surface area contributed by atoms with Crippen LogP contribution in [0.3, 0.4) is 0 Å². The molecule has 1 aliphatic carbocycles. The van der Waals surface area contributed by atoms with Gasteiger partial charge in [-0.3, -0.25) is 0 Å². The maximum Gasteiger partial charge on any atom is 0.167 e. The number of hydrogen-bond acceptors (Lipinski definition) is 2. The zero-order chi connectivity index (χ0) is 16.2. The Balaban J connectivity index is 1.75. The first-order valence-electron chi connectivity index (χ1n) is 8.31. The number of nitrogens with one attached hydrogen (secondary N) is 2. The predicted octanol–water partition coefficient (Wildman–Crippen LogP) is 4.66. The van der Waals surface area contributed by atoms with Crippen molar-refractivity contribution in [3.8, 4) is 0 Å². The molecule has 2 nitrogen and oxygen atoms in total. The molecule has 1 heterocycles. The van der Waals surface area contributed by atoms with E-state index in [0.29, 0.717) is 12.0 Å². The van der Waals surface area contributed by atoms with E-state index in [0.717, 1.165) is 11.5 Å². The average molecular weight is 345 g/mol. The molecule has 1 aromatic carbocycles. The molecule has 23 heavy (non-hydrogen) atoms. The lowest BCUT2D eigenvalue weighted by atomic mass is 9.99. The molecule has 1 saturated carbocycles. The highest BCUT2D eigenvalue weighted by molar-refractivity contribution is 7.80. The van der Waals surface area contributed by atoms with Crippen LogP contribution in [0.5, 0.6) is 0 Å². The molecular formula is C19H24N2S2. The van der Waals surface area contributed by atoms with E-state index < -0.39 is 0 Å². The SMILES string of the molecule is CC(C)Cc1ccc([C@H](NC(=S)NC2CC2)c2cccs2)cc1. The molecular weight excluding hydrogens is 320 g/mol. The van der Waals surface area contributed by atoms with Gasteiger partial charge in [-0.1, -0.05) is 44.2 Å². The molecule has 2 N–H and O–H groups in total. The van der Waals surface area contributed by atoms with Gasteiger partial charge in [-0.25, -0.2) is 0 Å². The second-order valence-electron chi connectivity index (χ2n) is 6.68. The van der Waals surface area contributed by atoms with Crippen LogP contribution in [0.2, 0.25) is 0 Å². The minimum absolute atomic E-state index is 0.127. The van der Waals surface area contributed by atoms with Crippen molar-refractivity contribution in [2.24, 2.45) is 5.92 Å². The molecule has 0 saturated heterocycles. The predicted molar refractivity (Wildman–Crippen MR) is 103 cm³/mol. The largest absolute Gasteiger partial charge is 0.360 e. The van der Waals surface area contributed by atoms with Crippen LogP contribution >= 0.6 is 23.6 Å². The molecule has 1 fully saturated rings. The molecule has 4 heteroatoms. The minimum Gasteiger partial charge on any atom is -0.360 e. The summed E-state index contributed by atoms with van der Waals surface area (Å²) in [5.74, 6) is 0.683. The van der Waals surface area contributed by atoms with Crippen molar-refractivity contribution in [3.05, 3.63) is 57.8 Å². The van der Waals surface area contributed by atoms with Crippen LogP contribution in [0.1, 0.15) is 48.7 Å². The molecule has 2 aromatic rings. The Morgan fingerprint density at radius 3 is 2.52 bits per heavy atom. The molecule has 1 aliphatic rings. The highest BCUT2D eigenvalue weighted by Gasteiger charge is 2.23. The molecule has 1 atom stereocenters. The average Bonchev–Trinajstić information content (AvgIpc) is 3.15. The van der Waals surface area contributed by atoms with Crippen molar-refractivity contribution in [3.63, 3.8) is 0 Å². The number of rotatable bonds is 6. The summed E-state index contributed by atoms with van der Waals surface area (Å²) in [4.78, 5) is 1.29. The third-order valence-electron chi connectivity index (χ3n) is 3.97. The van der Waals surface area contributed by atoms with E-state index in [9.17, 15) is 0 Å². The van der Waals surface area contributed by atoms with Gasteiger partial charge >= 0.3 is 0 Å². The standard InChI is InChI=1S/C19H24N2S2/c1-13(2)12-14-5-7-15(8-6-14)18(17-4-3-11-23-17)21-19(22)20-16-9-10-16/h3-8,11,13,16,18H,9-10,12H2,1-2H3,(H2,20,21,22)/t18-/m0/s1. The van der Waals surface area contributed by atoms with Crippen molar-refractivity contribution in [1.29, 1.82) is 0 Å². The van der Waals surface area contributed by atoms with Crippen LogP contribution in [0.15, 0.2) is 41.8 Å². The maximum atomic E-state index is 5.49. The molecule has 0 unspecified atom stereocenters. The Hall–Kier alpha value is -1.39. The van der Waals surface area contributed by atoms with Gasteiger partial charge in [-0.05, 0) is 60.0 Å². The van der Waals surface area contributed by atoms with Gasteiger partial charge in [0.1, 0.15) is 0 Å². The first-order valence-corrected chi connectivity index (χ1v) is 9.60. The zero-order valence-corrected chi connectivity index (χ0v) is 15.3. The van der Waals surface area contributed by atoms with Gasteiger partial charge in [0.05, 0.1) is 6.04 Å². The summed E-state index contributed by atoms with van der Waals surface area (Å²) >= 11 is 7.25. The smallest absolute Gasteiger partial charge is 0.167 e. The first kappa shape index (κ1) is 16.5. The first-order chi connectivity index (χ1) is 11.1. The van der Waals surface area contributed by atoms with Crippen LogP contribution in [0.25, 0.3) is 0 Å². The summed E-state index contributed by atoms with van der Waals surface area (Å²) in [6.07, 6.45) is 3.59. The van der Waals surface area contributed by atoms with E-state index in [4.69, 9.17) is 12.2 Å². The molecule has 1 aromatic heterocycles. The van der Waals surface area contributed by atoms with Gasteiger partial charge < -0.3 is 10.6 Å². The highest BCUT2D eigenvalue weighted by atomic mass is 32.1. The second-order valence-corrected chi connectivity index (χ2v) is 8.07. The normalized spacial score (nSPS) is 15.4. The van der Waals surface area contributed by atoms with Crippen molar-refractivity contribution in [2.75, 3.05) is 0 Å². The molecule has 0 radical (unpaired) electrons. The lowest BCUT2D eigenvalue weighted by molar-refractivity contribution is 0.646. The Bertz CT molecular complexity index is 628. The van der Waals surface area contributed by atoms with E-state index in [1.165, 1.54) is 28.8 Å². The quantitative estimate of drug-likeness (QED) is 0.745. The van der Waals surface area contributed by atoms with E-state index in [2.05, 4.69) is 66.3 Å². The van der Waals surface area contributed by atoms with E-state index >= 15 is 0 Å². The topological polar surface area (TPSA) is 24.1 Å². The van der Waals surface area contributed by atoms with E-state index in [1.807, 2.05) is 0 Å². The Morgan fingerprint density at radius 2 is 1.96 bits per heavy atom. The minimum atomic E-state index is 0.127. The fraction of sp³-hybridized carbons (Fsp3) is 0.421. The molecule has 3 rings (SSSR count). The van der Waals surface area contributed by atoms with Crippen LogP contribution < -0.4 is 10.6 Å². The van der Waals surface area contributed by atoms with Crippen LogP contribution in [0.4, 0.5) is 0 Å². The Morgan fingerprint density at radius 1 is 1.22 bits per heavy atom. The molecule has 0 aliphatic heterocycles. The monoisotopic (exact) mass is 344 g/mol. The highest BCUT2D eigenvalue weighted by Crippen LogP contribution is 2.27. The third-order valence-corrected chi connectivity index (χ3v) is 5.15. The van der Waals surface area contributed by atoms with Crippen molar-refractivity contribution < 1.29 is 0 Å². The molecule has 0 spiro atoms. The molecule has 122 valence electrons. The van der Waals surface area contributed by atoms with Crippen LogP contribution in [-0.4, -0.2) is 11.2 Å². The van der Waals surface area contributed by atoms with Crippen molar-refractivity contribution in [1.82, 2.24) is 10.6 Å². The Labute approximate surface area is 148 Å². The summed E-state index contributed by atoms with van der Waals surface area (Å²) in [5.41, 5.74) is 2.66.